The fraction of sp³-hybridized carbons (Fsp3) is 0.0800. The van der Waals surface area contributed by atoms with E-state index in [9.17, 15) is 14.4 Å². The molecule has 0 spiro atoms. The lowest BCUT2D eigenvalue weighted by atomic mass is 10.1. The van der Waals surface area contributed by atoms with Crippen LogP contribution >= 0.6 is 45.2 Å². The maximum absolute atomic E-state index is 13.1. The highest BCUT2D eigenvalue weighted by atomic mass is 127. The Morgan fingerprint density at radius 2 is 1.64 bits per heavy atom. The second kappa shape index (κ2) is 10.0. The van der Waals surface area contributed by atoms with Gasteiger partial charge in [0.05, 0.1) is 12.8 Å². The molecule has 0 atom stereocenters. The number of imide groups is 2. The molecular weight excluding hydrogens is 646 g/mol. The molecule has 6 nitrogen and oxygen atoms in total. The standard InChI is InChI=1S/C25H18I2N2O4/c1-15-6-5-9-18(10-15)29-24(31)19(23(30)28-25(29)32)11-17-12-20(26)22(21(27)13-17)33-14-16-7-3-2-4-8-16/h2-13H,14H2,1H3,(H,28,30,32)/b19-11+. The molecule has 1 aliphatic rings. The van der Waals surface area contributed by atoms with E-state index in [0.717, 1.165) is 28.9 Å². The summed E-state index contributed by atoms with van der Waals surface area (Å²) in [5.74, 6) is -0.648. The number of carbonyl (C=O) groups is 3. The number of barbiturate groups is 1. The number of halogens is 2. The van der Waals surface area contributed by atoms with Crippen LogP contribution in [0.3, 0.4) is 0 Å². The maximum atomic E-state index is 13.1. The zero-order valence-corrected chi connectivity index (χ0v) is 21.8. The Hall–Kier alpha value is -2.73. The van der Waals surface area contributed by atoms with Gasteiger partial charge in [-0.25, -0.2) is 9.69 Å². The average molecular weight is 664 g/mol. The van der Waals surface area contributed by atoms with Crippen LogP contribution < -0.4 is 15.0 Å². The van der Waals surface area contributed by atoms with Crippen LogP contribution in [-0.2, 0) is 16.2 Å². The van der Waals surface area contributed by atoms with Gasteiger partial charge in [-0.15, -0.1) is 0 Å². The highest BCUT2D eigenvalue weighted by Gasteiger charge is 2.36. The van der Waals surface area contributed by atoms with E-state index in [1.165, 1.54) is 6.08 Å². The van der Waals surface area contributed by atoms with E-state index >= 15 is 0 Å². The molecule has 0 aromatic heterocycles. The van der Waals surface area contributed by atoms with Crippen molar-refractivity contribution < 1.29 is 19.1 Å². The summed E-state index contributed by atoms with van der Waals surface area (Å²) >= 11 is 4.34. The van der Waals surface area contributed by atoms with Gasteiger partial charge in [-0.3, -0.25) is 14.9 Å². The fourth-order valence-electron chi connectivity index (χ4n) is 3.36. The molecule has 0 aliphatic carbocycles. The first-order valence-corrected chi connectivity index (χ1v) is 12.1. The summed E-state index contributed by atoms with van der Waals surface area (Å²) in [6.45, 7) is 2.30. The second-order valence-corrected chi connectivity index (χ2v) is 9.71. The highest BCUT2D eigenvalue weighted by molar-refractivity contribution is 14.1. The number of carbonyl (C=O) groups excluding carboxylic acids is 3. The van der Waals surface area contributed by atoms with Gasteiger partial charge >= 0.3 is 6.03 Å². The topological polar surface area (TPSA) is 75.7 Å². The number of benzene rings is 3. The van der Waals surface area contributed by atoms with Gasteiger partial charge in [0.25, 0.3) is 11.8 Å². The van der Waals surface area contributed by atoms with E-state index in [1.54, 1.807) is 18.2 Å². The summed E-state index contributed by atoms with van der Waals surface area (Å²) in [6.07, 6.45) is 1.50. The van der Waals surface area contributed by atoms with Gasteiger partial charge in [0.1, 0.15) is 17.9 Å². The molecule has 0 radical (unpaired) electrons. The zero-order valence-electron chi connectivity index (χ0n) is 17.5. The van der Waals surface area contributed by atoms with Gasteiger partial charge in [-0.1, -0.05) is 42.5 Å². The van der Waals surface area contributed by atoms with Crippen LogP contribution in [0.2, 0.25) is 0 Å². The summed E-state index contributed by atoms with van der Waals surface area (Å²) < 4.78 is 7.70. The van der Waals surface area contributed by atoms with Crippen LogP contribution in [-0.4, -0.2) is 17.8 Å². The molecule has 0 saturated carbocycles. The predicted octanol–water partition coefficient (Wildman–Crippen LogP) is 5.45. The highest BCUT2D eigenvalue weighted by Crippen LogP contribution is 2.31. The quantitative estimate of drug-likeness (QED) is 0.224. The summed E-state index contributed by atoms with van der Waals surface area (Å²) in [4.78, 5) is 39.0. The lowest BCUT2D eigenvalue weighted by molar-refractivity contribution is -0.122. The van der Waals surface area contributed by atoms with Crippen molar-refractivity contribution in [1.82, 2.24) is 5.32 Å². The first kappa shape index (κ1) is 23.4. The van der Waals surface area contributed by atoms with Gasteiger partial charge in [-0.2, -0.15) is 0 Å². The fourth-order valence-corrected chi connectivity index (χ4v) is 5.48. The van der Waals surface area contributed by atoms with Crippen molar-refractivity contribution in [2.45, 2.75) is 13.5 Å². The minimum atomic E-state index is -0.762. The van der Waals surface area contributed by atoms with Crippen molar-refractivity contribution in [2.75, 3.05) is 4.90 Å². The number of nitrogens with zero attached hydrogens (tertiary/aromatic N) is 1. The Morgan fingerprint density at radius 3 is 2.30 bits per heavy atom. The molecule has 1 fully saturated rings. The predicted molar refractivity (Wildman–Crippen MR) is 143 cm³/mol. The van der Waals surface area contributed by atoms with Gasteiger partial charge in [0.2, 0.25) is 0 Å². The van der Waals surface area contributed by atoms with Crippen LogP contribution in [0.15, 0.2) is 72.3 Å². The summed E-state index contributed by atoms with van der Waals surface area (Å²) in [5, 5.41) is 2.26. The Bertz CT molecular complexity index is 1270. The number of ether oxygens (including phenoxy) is 1. The van der Waals surface area contributed by atoms with Crippen molar-refractivity contribution in [3.05, 3.63) is 96.1 Å². The molecule has 0 bridgehead atoms. The zero-order chi connectivity index (χ0) is 23.5. The number of nitrogens with one attached hydrogen (secondary N) is 1. The summed E-state index contributed by atoms with van der Waals surface area (Å²) in [5.41, 5.74) is 2.91. The summed E-state index contributed by atoms with van der Waals surface area (Å²) in [6, 6.07) is 19.8. The summed E-state index contributed by atoms with van der Waals surface area (Å²) in [7, 11) is 0. The van der Waals surface area contributed by atoms with Crippen LogP contribution in [0, 0.1) is 14.1 Å². The molecule has 1 aliphatic heterocycles. The van der Waals surface area contributed by atoms with Crippen molar-refractivity contribution in [3.8, 4) is 5.75 Å². The molecule has 4 amide bonds. The third-order valence-electron chi connectivity index (χ3n) is 4.92. The number of amides is 4. The third-order valence-corrected chi connectivity index (χ3v) is 6.52. The Kier molecular flexibility index (Phi) is 7.13. The monoisotopic (exact) mass is 664 g/mol. The first-order chi connectivity index (χ1) is 15.8. The van der Waals surface area contributed by atoms with Crippen LogP contribution in [0.1, 0.15) is 16.7 Å². The van der Waals surface area contributed by atoms with Crippen molar-refractivity contribution in [3.63, 3.8) is 0 Å². The Balaban J connectivity index is 1.62. The minimum absolute atomic E-state index is 0.110. The largest absolute Gasteiger partial charge is 0.487 e. The van der Waals surface area contributed by atoms with E-state index in [2.05, 4.69) is 50.5 Å². The maximum Gasteiger partial charge on any atom is 0.335 e. The number of anilines is 1. The van der Waals surface area contributed by atoms with Gasteiger partial charge in [-0.05, 0) is 99.1 Å². The molecule has 0 unspecified atom stereocenters. The van der Waals surface area contributed by atoms with E-state index in [0.29, 0.717) is 17.9 Å². The molecule has 1 N–H and O–H groups in total. The minimum Gasteiger partial charge on any atom is -0.487 e. The molecule has 4 rings (SSSR count). The molecule has 8 heteroatoms. The smallest absolute Gasteiger partial charge is 0.335 e. The number of rotatable bonds is 5. The SMILES string of the molecule is Cc1cccc(N2C(=O)NC(=O)/C(=C\c3cc(I)c(OCc4ccccc4)c(I)c3)C2=O)c1. The van der Waals surface area contributed by atoms with E-state index < -0.39 is 17.8 Å². The average Bonchev–Trinajstić information content (AvgIpc) is 2.77. The Labute approximate surface area is 218 Å². The molecule has 3 aromatic rings. The van der Waals surface area contributed by atoms with Crippen LogP contribution in [0.25, 0.3) is 6.08 Å². The van der Waals surface area contributed by atoms with E-state index in [4.69, 9.17) is 4.74 Å². The number of urea groups is 1. The van der Waals surface area contributed by atoms with Gasteiger partial charge in [0, 0.05) is 0 Å². The van der Waals surface area contributed by atoms with Crippen LogP contribution in [0.4, 0.5) is 10.5 Å². The first-order valence-electron chi connectivity index (χ1n) is 9.97. The molecular formula is C25H18I2N2O4. The molecule has 3 aromatic carbocycles. The second-order valence-electron chi connectivity index (χ2n) is 7.38. The molecule has 33 heavy (non-hydrogen) atoms. The van der Waals surface area contributed by atoms with Crippen molar-refractivity contribution in [2.24, 2.45) is 0 Å². The lowest BCUT2D eigenvalue weighted by Gasteiger charge is -2.26. The number of aryl methyl sites for hydroxylation is 1. The third kappa shape index (κ3) is 5.27. The van der Waals surface area contributed by atoms with Gasteiger partial charge in [0.15, 0.2) is 0 Å². The Morgan fingerprint density at radius 1 is 0.939 bits per heavy atom. The molecule has 166 valence electrons. The van der Waals surface area contributed by atoms with E-state index in [-0.39, 0.29) is 5.57 Å². The van der Waals surface area contributed by atoms with Crippen molar-refractivity contribution in [1.29, 1.82) is 0 Å². The van der Waals surface area contributed by atoms with Crippen molar-refractivity contribution >= 4 is 74.8 Å². The number of hydrogen-bond acceptors (Lipinski definition) is 4. The van der Waals surface area contributed by atoms with Crippen LogP contribution in [0.5, 0.6) is 5.75 Å². The number of hydrogen-bond donors (Lipinski definition) is 1. The normalized spacial score (nSPS) is 15.1. The lowest BCUT2D eigenvalue weighted by Crippen LogP contribution is -2.54. The van der Waals surface area contributed by atoms with Gasteiger partial charge < -0.3 is 4.74 Å². The van der Waals surface area contributed by atoms with E-state index in [1.807, 2.05) is 55.5 Å². The molecule has 1 saturated heterocycles. The molecule has 1 heterocycles.